The molecule has 2 heterocycles. The normalized spacial score (nSPS) is 10.7. The summed E-state index contributed by atoms with van der Waals surface area (Å²) >= 11 is 0. The van der Waals surface area contributed by atoms with Crippen molar-refractivity contribution in [2.24, 2.45) is 4.99 Å². The molecule has 0 saturated heterocycles. The number of aromatic nitrogens is 3. The summed E-state index contributed by atoms with van der Waals surface area (Å²) in [5.74, 6) is 1.61. The van der Waals surface area contributed by atoms with Gasteiger partial charge < -0.3 is 10.6 Å². The number of hydrogen-bond donors (Lipinski definition) is 2. The van der Waals surface area contributed by atoms with Gasteiger partial charge in [-0.05, 0) is 17.7 Å². The lowest BCUT2D eigenvalue weighted by Gasteiger charge is -2.09. The highest BCUT2D eigenvalue weighted by atomic mass is 127. The highest BCUT2D eigenvalue weighted by Crippen LogP contribution is 2.06. The van der Waals surface area contributed by atoms with E-state index in [4.69, 9.17) is 0 Å². The Morgan fingerprint density at radius 2 is 2.26 bits per heavy atom. The Labute approximate surface area is 129 Å². The maximum absolute atomic E-state index is 4.30. The molecule has 0 unspecified atom stereocenters. The smallest absolute Gasteiger partial charge is 0.190 e. The van der Waals surface area contributed by atoms with Crippen LogP contribution in [0.5, 0.6) is 0 Å². The fourth-order valence-electron chi connectivity index (χ4n) is 1.57. The van der Waals surface area contributed by atoms with E-state index >= 15 is 0 Å². The van der Waals surface area contributed by atoms with E-state index in [1.54, 1.807) is 25.8 Å². The van der Waals surface area contributed by atoms with Crippen molar-refractivity contribution in [1.29, 1.82) is 0 Å². The van der Waals surface area contributed by atoms with Crippen LogP contribution in [0.15, 0.2) is 42.0 Å². The maximum Gasteiger partial charge on any atom is 0.190 e. The van der Waals surface area contributed by atoms with E-state index in [-0.39, 0.29) is 24.0 Å². The summed E-state index contributed by atoms with van der Waals surface area (Å²) in [5.41, 5.74) is 1.13. The van der Waals surface area contributed by atoms with Crippen molar-refractivity contribution in [2.45, 2.75) is 6.54 Å². The first kappa shape index (κ1) is 15.4. The number of hydrogen-bond acceptors (Lipinski definition) is 3. The van der Waals surface area contributed by atoms with Gasteiger partial charge in [0.25, 0.3) is 0 Å². The van der Waals surface area contributed by atoms with Gasteiger partial charge >= 0.3 is 0 Å². The lowest BCUT2D eigenvalue weighted by Crippen LogP contribution is -2.34. The van der Waals surface area contributed by atoms with Gasteiger partial charge in [0.2, 0.25) is 0 Å². The quantitative estimate of drug-likeness (QED) is 0.483. The molecule has 19 heavy (non-hydrogen) atoms. The Morgan fingerprint density at radius 3 is 2.89 bits per heavy atom. The van der Waals surface area contributed by atoms with E-state index in [2.05, 4.69) is 25.6 Å². The first-order chi connectivity index (χ1) is 8.83. The van der Waals surface area contributed by atoms with Gasteiger partial charge in [-0.2, -0.15) is 0 Å². The monoisotopic (exact) mass is 372 g/mol. The Morgan fingerprint density at radius 1 is 1.42 bits per heavy atom. The van der Waals surface area contributed by atoms with Crippen LogP contribution in [0.25, 0.3) is 5.82 Å². The molecule has 0 saturated carbocycles. The predicted octanol–water partition coefficient (Wildman–Crippen LogP) is 1.18. The van der Waals surface area contributed by atoms with E-state index in [0.717, 1.165) is 17.3 Å². The molecule has 0 amide bonds. The summed E-state index contributed by atoms with van der Waals surface area (Å²) in [6.45, 7) is 0.692. The van der Waals surface area contributed by atoms with Crippen molar-refractivity contribution < 1.29 is 0 Å². The van der Waals surface area contributed by atoms with E-state index in [1.807, 2.05) is 29.9 Å². The molecular formula is C12H17IN6. The lowest BCUT2D eigenvalue weighted by molar-refractivity contribution is 0.858. The molecule has 0 aliphatic carbocycles. The number of nitrogens with zero attached hydrogens (tertiary/aromatic N) is 4. The zero-order valence-electron chi connectivity index (χ0n) is 10.9. The number of pyridine rings is 1. The fourth-order valence-corrected chi connectivity index (χ4v) is 1.57. The Kier molecular flexibility index (Phi) is 6.26. The standard InChI is InChI=1S/C12H16N6.HI/c1-13-12(14-2)17-8-10-3-4-16-11(7-10)18-6-5-15-9-18;/h3-7,9H,8H2,1-2H3,(H2,13,14,17);1H. The summed E-state index contributed by atoms with van der Waals surface area (Å²) in [6.07, 6.45) is 7.11. The molecule has 0 spiro atoms. The molecule has 2 rings (SSSR count). The number of aliphatic imine (C=N–C) groups is 1. The van der Waals surface area contributed by atoms with Crippen LogP contribution in [0.4, 0.5) is 0 Å². The van der Waals surface area contributed by atoms with Crippen LogP contribution in [-0.2, 0) is 6.54 Å². The van der Waals surface area contributed by atoms with Crippen molar-refractivity contribution in [3.63, 3.8) is 0 Å². The second kappa shape index (κ2) is 7.72. The molecule has 102 valence electrons. The van der Waals surface area contributed by atoms with Crippen molar-refractivity contribution in [2.75, 3.05) is 14.1 Å². The van der Waals surface area contributed by atoms with Crippen LogP contribution >= 0.6 is 24.0 Å². The van der Waals surface area contributed by atoms with Crippen molar-refractivity contribution in [1.82, 2.24) is 25.2 Å². The SMILES string of the molecule is CN=C(NC)NCc1ccnc(-n2ccnc2)c1.I. The van der Waals surface area contributed by atoms with Gasteiger partial charge in [0.05, 0.1) is 0 Å². The van der Waals surface area contributed by atoms with E-state index in [0.29, 0.717) is 6.54 Å². The average molecular weight is 372 g/mol. The summed E-state index contributed by atoms with van der Waals surface area (Å²) in [5, 5.41) is 6.17. The molecule has 0 fully saturated rings. The summed E-state index contributed by atoms with van der Waals surface area (Å²) in [4.78, 5) is 12.4. The first-order valence-electron chi connectivity index (χ1n) is 5.65. The zero-order valence-corrected chi connectivity index (χ0v) is 13.2. The third kappa shape index (κ3) is 4.19. The summed E-state index contributed by atoms with van der Waals surface area (Å²) < 4.78 is 1.87. The van der Waals surface area contributed by atoms with Crippen molar-refractivity contribution in [3.8, 4) is 5.82 Å². The van der Waals surface area contributed by atoms with Gasteiger partial charge in [0, 0.05) is 39.2 Å². The Bertz CT molecular complexity index is 523. The van der Waals surface area contributed by atoms with Gasteiger partial charge in [0.1, 0.15) is 12.1 Å². The lowest BCUT2D eigenvalue weighted by atomic mass is 10.2. The van der Waals surface area contributed by atoms with Crippen LogP contribution in [0.3, 0.4) is 0 Å². The minimum atomic E-state index is 0. The number of halogens is 1. The highest BCUT2D eigenvalue weighted by Gasteiger charge is 2.00. The topological polar surface area (TPSA) is 67.1 Å². The molecular weight excluding hydrogens is 355 g/mol. The average Bonchev–Trinajstić information content (AvgIpc) is 2.94. The summed E-state index contributed by atoms with van der Waals surface area (Å²) in [6, 6.07) is 3.98. The highest BCUT2D eigenvalue weighted by molar-refractivity contribution is 14.0. The molecule has 0 radical (unpaired) electrons. The van der Waals surface area contributed by atoms with E-state index in [1.165, 1.54) is 0 Å². The number of imidazole rings is 1. The molecule has 0 atom stereocenters. The van der Waals surface area contributed by atoms with E-state index in [9.17, 15) is 0 Å². The van der Waals surface area contributed by atoms with Crippen LogP contribution in [0, 0.1) is 0 Å². The maximum atomic E-state index is 4.30. The molecule has 2 N–H and O–H groups in total. The number of guanidine groups is 1. The molecule has 0 aromatic carbocycles. The van der Waals surface area contributed by atoms with Crippen LogP contribution < -0.4 is 10.6 Å². The van der Waals surface area contributed by atoms with Crippen molar-refractivity contribution in [3.05, 3.63) is 42.6 Å². The van der Waals surface area contributed by atoms with Crippen molar-refractivity contribution >= 4 is 29.9 Å². The van der Waals surface area contributed by atoms with E-state index < -0.39 is 0 Å². The van der Waals surface area contributed by atoms with Gasteiger partial charge in [-0.25, -0.2) is 9.97 Å². The molecule has 6 nitrogen and oxygen atoms in total. The summed E-state index contributed by atoms with van der Waals surface area (Å²) in [7, 11) is 3.57. The van der Waals surface area contributed by atoms with Crippen LogP contribution in [-0.4, -0.2) is 34.6 Å². The molecule has 0 aliphatic heterocycles. The number of rotatable bonds is 3. The molecule has 0 bridgehead atoms. The first-order valence-corrected chi connectivity index (χ1v) is 5.65. The third-order valence-electron chi connectivity index (χ3n) is 2.50. The minimum absolute atomic E-state index is 0. The Balaban J connectivity index is 0.00000180. The second-order valence-corrected chi connectivity index (χ2v) is 3.67. The Hall–Kier alpha value is -1.64. The molecule has 0 aliphatic rings. The second-order valence-electron chi connectivity index (χ2n) is 3.67. The van der Waals surface area contributed by atoms with Gasteiger partial charge in [-0.1, -0.05) is 0 Å². The van der Waals surface area contributed by atoms with Crippen LogP contribution in [0.2, 0.25) is 0 Å². The van der Waals surface area contributed by atoms with Gasteiger partial charge in [0.15, 0.2) is 5.96 Å². The fraction of sp³-hybridized carbons (Fsp3) is 0.250. The molecule has 2 aromatic rings. The predicted molar refractivity (Wildman–Crippen MR) is 86.0 cm³/mol. The number of nitrogens with one attached hydrogen (secondary N) is 2. The van der Waals surface area contributed by atoms with Gasteiger partial charge in [-0.15, -0.1) is 24.0 Å². The van der Waals surface area contributed by atoms with Crippen LogP contribution in [0.1, 0.15) is 5.56 Å². The molecule has 2 aromatic heterocycles. The molecule has 7 heteroatoms. The van der Waals surface area contributed by atoms with Gasteiger partial charge in [-0.3, -0.25) is 9.56 Å². The third-order valence-corrected chi connectivity index (χ3v) is 2.50. The zero-order chi connectivity index (χ0) is 12.8. The minimum Gasteiger partial charge on any atom is -0.359 e. The largest absolute Gasteiger partial charge is 0.359 e.